The number of nitrogens with zero attached hydrogens (tertiary/aromatic N) is 2. The molecule has 0 unspecified atom stereocenters. The Morgan fingerprint density at radius 1 is 1.26 bits per heavy atom. The van der Waals surface area contributed by atoms with Crippen molar-refractivity contribution in [2.24, 2.45) is 5.92 Å². The number of aromatic nitrogens is 2. The zero-order valence-corrected chi connectivity index (χ0v) is 12.2. The van der Waals surface area contributed by atoms with Crippen molar-refractivity contribution < 1.29 is 9.47 Å². The topological polar surface area (TPSA) is 56.3 Å². The third kappa shape index (κ3) is 7.62. The molecule has 1 aromatic heterocycles. The standard InChI is InChI=1S/C14H25N3O2/c1-4-9-19-13-5-7-15-14(17-13)16-8-11-18-10-6-12(2)3/h5,7,12H,4,6,8-11H2,1-3H3,(H,15,16,17). The minimum Gasteiger partial charge on any atom is -0.478 e. The minimum absolute atomic E-state index is 0.584. The van der Waals surface area contributed by atoms with Crippen LogP contribution in [0.5, 0.6) is 5.88 Å². The van der Waals surface area contributed by atoms with E-state index in [1.807, 2.05) is 0 Å². The van der Waals surface area contributed by atoms with Crippen molar-refractivity contribution in [3.8, 4) is 5.88 Å². The highest BCUT2D eigenvalue weighted by Gasteiger charge is 1.99. The van der Waals surface area contributed by atoms with Crippen molar-refractivity contribution in [3.63, 3.8) is 0 Å². The number of ether oxygens (including phenoxy) is 2. The quantitative estimate of drug-likeness (QED) is 0.661. The maximum Gasteiger partial charge on any atom is 0.226 e. The molecule has 5 nitrogen and oxygen atoms in total. The molecule has 0 saturated carbocycles. The van der Waals surface area contributed by atoms with Gasteiger partial charge in [0.05, 0.1) is 13.2 Å². The molecule has 0 fully saturated rings. The van der Waals surface area contributed by atoms with Crippen LogP contribution in [0.3, 0.4) is 0 Å². The molecule has 0 saturated heterocycles. The van der Waals surface area contributed by atoms with Crippen LogP contribution in [0.2, 0.25) is 0 Å². The van der Waals surface area contributed by atoms with Crippen molar-refractivity contribution in [2.75, 3.05) is 31.7 Å². The first kappa shape index (κ1) is 15.7. The van der Waals surface area contributed by atoms with Crippen LogP contribution in [0.15, 0.2) is 12.3 Å². The molecule has 108 valence electrons. The van der Waals surface area contributed by atoms with E-state index < -0.39 is 0 Å². The fraction of sp³-hybridized carbons (Fsp3) is 0.714. The molecule has 19 heavy (non-hydrogen) atoms. The van der Waals surface area contributed by atoms with Gasteiger partial charge in [-0.1, -0.05) is 20.8 Å². The summed E-state index contributed by atoms with van der Waals surface area (Å²) >= 11 is 0. The van der Waals surface area contributed by atoms with Gasteiger partial charge in [-0.05, 0) is 18.8 Å². The SMILES string of the molecule is CCCOc1ccnc(NCCOCCC(C)C)n1. The maximum atomic E-state index is 5.51. The predicted molar refractivity (Wildman–Crippen MR) is 76.6 cm³/mol. The Labute approximate surface area is 115 Å². The van der Waals surface area contributed by atoms with Gasteiger partial charge in [-0.25, -0.2) is 4.98 Å². The van der Waals surface area contributed by atoms with Gasteiger partial charge in [-0.3, -0.25) is 0 Å². The number of anilines is 1. The van der Waals surface area contributed by atoms with Gasteiger partial charge in [-0.2, -0.15) is 4.98 Å². The smallest absolute Gasteiger partial charge is 0.226 e. The fourth-order valence-electron chi connectivity index (χ4n) is 1.37. The molecule has 0 aromatic carbocycles. The Kier molecular flexibility index (Phi) is 7.89. The van der Waals surface area contributed by atoms with E-state index in [9.17, 15) is 0 Å². The van der Waals surface area contributed by atoms with Crippen molar-refractivity contribution in [2.45, 2.75) is 33.6 Å². The van der Waals surface area contributed by atoms with Crippen LogP contribution in [0.4, 0.5) is 5.95 Å². The largest absolute Gasteiger partial charge is 0.478 e. The summed E-state index contributed by atoms with van der Waals surface area (Å²) in [6.07, 6.45) is 3.76. The third-order valence-electron chi connectivity index (χ3n) is 2.45. The second-order valence-corrected chi connectivity index (χ2v) is 4.79. The number of rotatable bonds is 10. The van der Waals surface area contributed by atoms with Gasteiger partial charge >= 0.3 is 0 Å². The van der Waals surface area contributed by atoms with E-state index in [0.29, 0.717) is 37.5 Å². The summed E-state index contributed by atoms with van der Waals surface area (Å²) in [5.41, 5.74) is 0. The molecule has 0 aliphatic carbocycles. The minimum atomic E-state index is 0.584. The molecule has 0 aliphatic rings. The van der Waals surface area contributed by atoms with E-state index in [2.05, 4.69) is 36.1 Å². The highest BCUT2D eigenvalue weighted by Crippen LogP contribution is 2.08. The molecule has 1 heterocycles. The molecule has 0 radical (unpaired) electrons. The summed E-state index contributed by atoms with van der Waals surface area (Å²) in [6, 6.07) is 1.76. The van der Waals surface area contributed by atoms with Crippen LogP contribution >= 0.6 is 0 Å². The number of hydrogen-bond acceptors (Lipinski definition) is 5. The molecular formula is C14H25N3O2. The second-order valence-electron chi connectivity index (χ2n) is 4.79. The molecule has 1 N–H and O–H groups in total. The van der Waals surface area contributed by atoms with E-state index in [0.717, 1.165) is 19.4 Å². The van der Waals surface area contributed by atoms with Crippen LogP contribution in [0.25, 0.3) is 0 Å². The third-order valence-corrected chi connectivity index (χ3v) is 2.45. The highest BCUT2D eigenvalue weighted by atomic mass is 16.5. The normalized spacial score (nSPS) is 10.7. The predicted octanol–water partition coefficient (Wildman–Crippen LogP) is 2.74. The van der Waals surface area contributed by atoms with E-state index in [-0.39, 0.29) is 0 Å². The molecule has 0 amide bonds. The summed E-state index contributed by atoms with van der Waals surface area (Å²) in [5.74, 6) is 1.88. The molecular weight excluding hydrogens is 242 g/mol. The maximum absolute atomic E-state index is 5.51. The Morgan fingerprint density at radius 3 is 2.84 bits per heavy atom. The number of hydrogen-bond donors (Lipinski definition) is 1. The lowest BCUT2D eigenvalue weighted by atomic mass is 10.1. The van der Waals surface area contributed by atoms with Crippen LogP contribution in [-0.4, -0.2) is 36.3 Å². The zero-order chi connectivity index (χ0) is 13.9. The van der Waals surface area contributed by atoms with E-state index >= 15 is 0 Å². The van der Waals surface area contributed by atoms with Crippen LogP contribution in [0, 0.1) is 5.92 Å². The lowest BCUT2D eigenvalue weighted by Crippen LogP contribution is -2.13. The van der Waals surface area contributed by atoms with Gasteiger partial charge in [0.25, 0.3) is 0 Å². The molecule has 1 rings (SSSR count). The summed E-state index contributed by atoms with van der Waals surface area (Å²) in [7, 11) is 0. The first-order valence-corrected chi connectivity index (χ1v) is 6.99. The van der Waals surface area contributed by atoms with Crippen molar-refractivity contribution >= 4 is 5.95 Å². The van der Waals surface area contributed by atoms with Gasteiger partial charge in [-0.15, -0.1) is 0 Å². The first-order valence-electron chi connectivity index (χ1n) is 6.99. The summed E-state index contributed by atoms with van der Waals surface area (Å²) in [5, 5.41) is 3.12. The molecule has 1 aromatic rings. The summed E-state index contributed by atoms with van der Waals surface area (Å²) in [6.45, 7) is 9.30. The zero-order valence-electron chi connectivity index (χ0n) is 12.2. The summed E-state index contributed by atoms with van der Waals surface area (Å²) in [4.78, 5) is 8.39. The molecule has 0 atom stereocenters. The van der Waals surface area contributed by atoms with Gasteiger partial charge in [0, 0.05) is 25.4 Å². The molecule has 0 aliphatic heterocycles. The Hall–Kier alpha value is -1.36. The van der Waals surface area contributed by atoms with Crippen LogP contribution < -0.4 is 10.1 Å². The lowest BCUT2D eigenvalue weighted by molar-refractivity contribution is 0.132. The average molecular weight is 267 g/mol. The molecule has 0 spiro atoms. The fourth-order valence-corrected chi connectivity index (χ4v) is 1.37. The lowest BCUT2D eigenvalue weighted by Gasteiger charge is -2.08. The van der Waals surface area contributed by atoms with Crippen molar-refractivity contribution in [1.29, 1.82) is 0 Å². The van der Waals surface area contributed by atoms with Gasteiger partial charge < -0.3 is 14.8 Å². The van der Waals surface area contributed by atoms with Crippen LogP contribution in [-0.2, 0) is 4.74 Å². The van der Waals surface area contributed by atoms with Gasteiger partial charge in [0.15, 0.2) is 0 Å². The van der Waals surface area contributed by atoms with Crippen molar-refractivity contribution in [3.05, 3.63) is 12.3 Å². The first-order chi connectivity index (χ1) is 9.22. The summed E-state index contributed by atoms with van der Waals surface area (Å²) < 4.78 is 11.0. The number of nitrogens with one attached hydrogen (secondary N) is 1. The van der Waals surface area contributed by atoms with E-state index in [4.69, 9.17) is 9.47 Å². The Bertz CT molecular complexity index is 345. The monoisotopic (exact) mass is 267 g/mol. The molecule has 0 bridgehead atoms. The van der Waals surface area contributed by atoms with E-state index in [1.54, 1.807) is 12.3 Å². The highest BCUT2D eigenvalue weighted by molar-refractivity contribution is 5.27. The van der Waals surface area contributed by atoms with Gasteiger partial charge in [0.1, 0.15) is 0 Å². The Balaban J connectivity index is 2.18. The second kappa shape index (κ2) is 9.55. The van der Waals surface area contributed by atoms with E-state index in [1.165, 1.54) is 0 Å². The molecule has 5 heteroatoms. The van der Waals surface area contributed by atoms with Crippen LogP contribution in [0.1, 0.15) is 33.6 Å². The van der Waals surface area contributed by atoms with Gasteiger partial charge in [0.2, 0.25) is 11.8 Å². The average Bonchev–Trinajstić information content (AvgIpc) is 2.40. The van der Waals surface area contributed by atoms with Crippen molar-refractivity contribution in [1.82, 2.24) is 9.97 Å². The Morgan fingerprint density at radius 2 is 2.11 bits per heavy atom.